The van der Waals surface area contributed by atoms with Crippen molar-refractivity contribution in [2.45, 2.75) is 24.3 Å². The molecule has 2 heterocycles. The molecule has 3 aromatic rings. The van der Waals surface area contributed by atoms with Gasteiger partial charge in [0, 0.05) is 31.1 Å². The molecule has 2 N–H and O–H groups in total. The minimum absolute atomic E-state index is 0.0263. The molecule has 4 rings (SSSR count). The van der Waals surface area contributed by atoms with Crippen molar-refractivity contribution < 1.29 is 22.7 Å². The van der Waals surface area contributed by atoms with Gasteiger partial charge in [-0.15, -0.1) is 0 Å². The number of sulfonamides is 1. The second kappa shape index (κ2) is 9.79. The summed E-state index contributed by atoms with van der Waals surface area (Å²) in [7, 11) is -3.80. The van der Waals surface area contributed by atoms with Crippen LogP contribution < -0.4 is 19.5 Å². The van der Waals surface area contributed by atoms with E-state index in [0.29, 0.717) is 36.9 Å². The molecule has 0 fully saturated rings. The first-order valence-electron chi connectivity index (χ1n) is 10.1. The number of para-hydroxylation sites is 1. The van der Waals surface area contributed by atoms with Crippen LogP contribution in [0.25, 0.3) is 0 Å². The van der Waals surface area contributed by atoms with Gasteiger partial charge in [0.25, 0.3) is 0 Å². The Balaban J connectivity index is 1.34. The molecule has 1 amide bonds. The highest BCUT2D eigenvalue weighted by atomic mass is 32.2. The van der Waals surface area contributed by atoms with Crippen LogP contribution in [-0.2, 0) is 21.4 Å². The van der Waals surface area contributed by atoms with E-state index in [9.17, 15) is 13.2 Å². The first-order valence-corrected chi connectivity index (χ1v) is 11.6. The lowest BCUT2D eigenvalue weighted by molar-refractivity contribution is -0.116. The molecular formula is C21H23N5O5S. The minimum Gasteiger partial charge on any atom is -0.490 e. The summed E-state index contributed by atoms with van der Waals surface area (Å²) in [6, 6.07) is 11.8. The molecule has 0 aliphatic carbocycles. The number of hydrogen-bond acceptors (Lipinski definition) is 7. The SMILES string of the molecule is O=C(CCNS(=O)(=O)c1ccc2c(c1)OCCCO2)Nc1ccccc1Cn1cncn1. The summed E-state index contributed by atoms with van der Waals surface area (Å²) in [5.41, 5.74) is 1.50. The summed E-state index contributed by atoms with van der Waals surface area (Å²) in [5, 5.41) is 6.89. The van der Waals surface area contributed by atoms with Crippen LogP contribution in [0.2, 0.25) is 0 Å². The number of nitrogens with one attached hydrogen (secondary N) is 2. The molecule has 2 aromatic carbocycles. The number of amides is 1. The van der Waals surface area contributed by atoms with Crippen molar-refractivity contribution >= 4 is 21.6 Å². The topological polar surface area (TPSA) is 124 Å². The average Bonchev–Trinajstić information content (AvgIpc) is 3.17. The molecular weight excluding hydrogens is 434 g/mol. The Morgan fingerprint density at radius 1 is 1.09 bits per heavy atom. The van der Waals surface area contributed by atoms with Gasteiger partial charge in [0.2, 0.25) is 15.9 Å². The molecule has 32 heavy (non-hydrogen) atoms. The maximum Gasteiger partial charge on any atom is 0.240 e. The molecule has 168 valence electrons. The van der Waals surface area contributed by atoms with E-state index >= 15 is 0 Å². The fraction of sp³-hybridized carbons (Fsp3) is 0.286. The van der Waals surface area contributed by atoms with Crippen molar-refractivity contribution in [2.75, 3.05) is 25.1 Å². The molecule has 0 radical (unpaired) electrons. The molecule has 1 aliphatic heterocycles. The molecule has 0 bridgehead atoms. The van der Waals surface area contributed by atoms with Gasteiger partial charge in [-0.3, -0.25) is 4.79 Å². The zero-order chi connectivity index (χ0) is 22.4. The summed E-state index contributed by atoms with van der Waals surface area (Å²) in [5.74, 6) is 0.606. The van der Waals surface area contributed by atoms with Crippen molar-refractivity contribution in [1.82, 2.24) is 19.5 Å². The Morgan fingerprint density at radius 3 is 2.72 bits per heavy atom. The van der Waals surface area contributed by atoms with Crippen molar-refractivity contribution in [2.24, 2.45) is 0 Å². The van der Waals surface area contributed by atoms with Gasteiger partial charge in [0.05, 0.1) is 24.7 Å². The Morgan fingerprint density at radius 2 is 1.91 bits per heavy atom. The van der Waals surface area contributed by atoms with E-state index in [-0.39, 0.29) is 23.8 Å². The summed E-state index contributed by atoms with van der Waals surface area (Å²) in [6.45, 7) is 1.39. The second-order valence-corrected chi connectivity index (χ2v) is 8.87. The maximum atomic E-state index is 12.6. The van der Waals surface area contributed by atoms with E-state index in [2.05, 4.69) is 20.1 Å². The molecule has 0 unspecified atom stereocenters. The predicted octanol–water partition coefficient (Wildman–Crippen LogP) is 1.79. The quantitative estimate of drug-likeness (QED) is 0.528. The fourth-order valence-electron chi connectivity index (χ4n) is 3.17. The van der Waals surface area contributed by atoms with Crippen molar-refractivity contribution in [3.8, 4) is 11.5 Å². The molecule has 0 saturated heterocycles. The number of fused-ring (bicyclic) bond motifs is 1. The lowest BCUT2D eigenvalue weighted by atomic mass is 10.1. The summed E-state index contributed by atoms with van der Waals surface area (Å²) < 4.78 is 40.4. The first kappa shape index (κ1) is 21.8. The van der Waals surface area contributed by atoms with Crippen LogP contribution in [0.3, 0.4) is 0 Å². The third kappa shape index (κ3) is 5.42. The Hall–Kier alpha value is -3.44. The fourth-order valence-corrected chi connectivity index (χ4v) is 4.22. The van der Waals surface area contributed by atoms with Gasteiger partial charge >= 0.3 is 0 Å². The van der Waals surface area contributed by atoms with Crippen LogP contribution >= 0.6 is 0 Å². The molecule has 1 aliphatic rings. The van der Waals surface area contributed by atoms with Gasteiger partial charge in [0.1, 0.15) is 12.7 Å². The van der Waals surface area contributed by atoms with Crippen LogP contribution in [0.1, 0.15) is 18.4 Å². The van der Waals surface area contributed by atoms with Crippen LogP contribution in [0.5, 0.6) is 11.5 Å². The van der Waals surface area contributed by atoms with Crippen molar-refractivity contribution in [1.29, 1.82) is 0 Å². The minimum atomic E-state index is -3.80. The Bertz CT molecular complexity index is 1180. The molecule has 0 atom stereocenters. The maximum absolute atomic E-state index is 12.6. The van der Waals surface area contributed by atoms with E-state index in [1.165, 1.54) is 18.5 Å². The highest BCUT2D eigenvalue weighted by molar-refractivity contribution is 7.89. The van der Waals surface area contributed by atoms with Crippen molar-refractivity contribution in [3.05, 3.63) is 60.7 Å². The lowest BCUT2D eigenvalue weighted by Crippen LogP contribution is -2.28. The second-order valence-electron chi connectivity index (χ2n) is 7.11. The number of ether oxygens (including phenoxy) is 2. The van der Waals surface area contributed by atoms with Crippen molar-refractivity contribution in [3.63, 3.8) is 0 Å². The van der Waals surface area contributed by atoms with Gasteiger partial charge in [0.15, 0.2) is 11.5 Å². The van der Waals surface area contributed by atoms with E-state index in [0.717, 1.165) is 12.0 Å². The zero-order valence-electron chi connectivity index (χ0n) is 17.2. The lowest BCUT2D eigenvalue weighted by Gasteiger charge is -2.12. The van der Waals surface area contributed by atoms with Gasteiger partial charge in [-0.05, 0) is 23.8 Å². The van der Waals surface area contributed by atoms with Crippen LogP contribution in [0.4, 0.5) is 5.69 Å². The molecule has 11 heteroatoms. The Labute approximate surface area is 185 Å². The predicted molar refractivity (Wildman–Crippen MR) is 116 cm³/mol. The summed E-state index contributed by atoms with van der Waals surface area (Å²) in [4.78, 5) is 16.4. The van der Waals surface area contributed by atoms with Gasteiger partial charge < -0.3 is 14.8 Å². The number of carbonyl (C=O) groups is 1. The molecule has 0 saturated carbocycles. The molecule has 1 aromatic heterocycles. The molecule has 10 nitrogen and oxygen atoms in total. The van der Waals surface area contributed by atoms with Gasteiger partial charge in [-0.1, -0.05) is 18.2 Å². The Kier molecular flexibility index (Phi) is 6.66. The third-order valence-electron chi connectivity index (χ3n) is 4.76. The normalized spacial score (nSPS) is 13.4. The zero-order valence-corrected chi connectivity index (χ0v) is 18.0. The van der Waals surface area contributed by atoms with Crippen LogP contribution in [-0.4, -0.2) is 48.8 Å². The van der Waals surface area contributed by atoms with E-state index in [4.69, 9.17) is 9.47 Å². The van der Waals surface area contributed by atoms with Gasteiger partial charge in [-0.25, -0.2) is 22.8 Å². The number of anilines is 1. The van der Waals surface area contributed by atoms with Gasteiger partial charge in [-0.2, -0.15) is 5.10 Å². The average molecular weight is 458 g/mol. The van der Waals surface area contributed by atoms with Crippen LogP contribution in [0.15, 0.2) is 60.0 Å². The number of nitrogens with zero attached hydrogens (tertiary/aromatic N) is 3. The van der Waals surface area contributed by atoms with Crippen LogP contribution in [0, 0.1) is 0 Å². The highest BCUT2D eigenvalue weighted by Gasteiger charge is 2.19. The first-order chi connectivity index (χ1) is 15.5. The van der Waals surface area contributed by atoms with E-state index in [1.54, 1.807) is 23.1 Å². The summed E-state index contributed by atoms with van der Waals surface area (Å²) in [6.07, 6.45) is 3.73. The summed E-state index contributed by atoms with van der Waals surface area (Å²) >= 11 is 0. The molecule has 0 spiro atoms. The number of benzene rings is 2. The monoisotopic (exact) mass is 457 g/mol. The largest absolute Gasteiger partial charge is 0.490 e. The van der Waals surface area contributed by atoms with E-state index in [1.807, 2.05) is 18.2 Å². The smallest absolute Gasteiger partial charge is 0.240 e. The highest BCUT2D eigenvalue weighted by Crippen LogP contribution is 2.31. The number of carbonyl (C=O) groups excluding carboxylic acids is 1. The number of aromatic nitrogens is 3. The number of rotatable bonds is 8. The third-order valence-corrected chi connectivity index (χ3v) is 6.22. The number of hydrogen-bond donors (Lipinski definition) is 2. The van der Waals surface area contributed by atoms with E-state index < -0.39 is 10.0 Å². The standard InChI is InChI=1S/C21H23N5O5S/c27-21(25-18-5-2-1-4-16(18)13-26-15-22-14-23-26)8-9-24-32(28,29)17-6-7-19-20(12-17)31-11-3-10-30-19/h1-2,4-7,12,14-15,24H,3,8-11,13H2,(H,25,27).